The summed E-state index contributed by atoms with van der Waals surface area (Å²) in [7, 11) is 0. The molecule has 0 spiro atoms. The molecule has 0 saturated carbocycles. The normalized spacial score (nSPS) is 11.4. The molecule has 3 aromatic rings. The average Bonchev–Trinajstić information content (AvgIpc) is 3.16. The number of aromatic nitrogens is 1. The van der Waals surface area contributed by atoms with Gasteiger partial charge in [-0.25, -0.2) is 4.98 Å². The van der Waals surface area contributed by atoms with Gasteiger partial charge in [0.25, 0.3) is 5.91 Å². The maximum atomic E-state index is 12.3. The van der Waals surface area contributed by atoms with Gasteiger partial charge in [0.2, 0.25) is 0 Å². The van der Waals surface area contributed by atoms with Gasteiger partial charge in [0.05, 0.1) is 17.4 Å². The molecule has 4 nitrogen and oxygen atoms in total. The van der Waals surface area contributed by atoms with Crippen molar-refractivity contribution in [1.29, 1.82) is 0 Å². The van der Waals surface area contributed by atoms with Gasteiger partial charge in [-0.05, 0) is 49.2 Å². The van der Waals surface area contributed by atoms with Gasteiger partial charge in [-0.3, -0.25) is 4.79 Å². The highest BCUT2D eigenvalue weighted by atomic mass is 35.5. The number of halogens is 2. The Hall–Kier alpha value is -2.74. The summed E-state index contributed by atoms with van der Waals surface area (Å²) in [5.41, 5.74) is 2.89. The highest BCUT2D eigenvalue weighted by Gasteiger charge is 2.14. The molecule has 1 aromatic carbocycles. The fourth-order valence-corrected chi connectivity index (χ4v) is 2.97. The summed E-state index contributed by atoms with van der Waals surface area (Å²) in [4.78, 5) is 16.2. The Bertz CT molecular complexity index is 1000. The predicted molar refractivity (Wildman–Crippen MR) is 106 cm³/mol. The quantitative estimate of drug-likeness (QED) is 0.509. The lowest BCUT2D eigenvalue weighted by Crippen LogP contribution is -2.34. The fourth-order valence-electron chi connectivity index (χ4n) is 2.51. The Morgan fingerprint density at radius 2 is 2.04 bits per heavy atom. The van der Waals surface area contributed by atoms with Gasteiger partial charge < -0.3 is 9.73 Å². The van der Waals surface area contributed by atoms with Crippen molar-refractivity contribution in [3.8, 4) is 11.8 Å². The molecule has 1 amide bonds. The number of rotatable bonds is 4. The van der Waals surface area contributed by atoms with Gasteiger partial charge >= 0.3 is 0 Å². The zero-order valence-corrected chi connectivity index (χ0v) is 16.0. The zero-order chi connectivity index (χ0) is 19.2. The van der Waals surface area contributed by atoms with E-state index in [1.807, 2.05) is 25.1 Å². The number of benzene rings is 1. The van der Waals surface area contributed by atoms with Crippen LogP contribution in [0.1, 0.15) is 34.0 Å². The number of hydrogen-bond acceptors (Lipinski definition) is 3. The molecule has 6 heteroatoms. The molecule has 0 aliphatic rings. The van der Waals surface area contributed by atoms with Crippen molar-refractivity contribution < 1.29 is 9.21 Å². The Kier molecular flexibility index (Phi) is 6.18. The van der Waals surface area contributed by atoms with E-state index in [9.17, 15) is 4.79 Å². The molecule has 2 aromatic heterocycles. The molecular weight excluding hydrogens is 383 g/mol. The van der Waals surface area contributed by atoms with Crippen LogP contribution >= 0.6 is 23.2 Å². The second-order valence-corrected chi connectivity index (χ2v) is 6.75. The molecular formula is C21H16Cl2N2O2. The van der Waals surface area contributed by atoms with E-state index < -0.39 is 0 Å². The Labute approximate surface area is 167 Å². The number of furan rings is 1. The number of carbonyl (C=O) groups is 1. The molecule has 1 N–H and O–H groups in total. The van der Waals surface area contributed by atoms with Crippen LogP contribution in [-0.2, 0) is 6.42 Å². The first kappa shape index (κ1) is 19.0. The zero-order valence-electron chi connectivity index (χ0n) is 14.5. The third-order valence-electron chi connectivity index (χ3n) is 3.83. The monoisotopic (exact) mass is 398 g/mol. The van der Waals surface area contributed by atoms with Crippen LogP contribution in [-0.4, -0.2) is 16.9 Å². The molecule has 0 aliphatic heterocycles. The number of nitrogens with zero attached hydrogens (tertiary/aromatic N) is 1. The minimum absolute atomic E-state index is 0.130. The van der Waals surface area contributed by atoms with Crippen molar-refractivity contribution >= 4 is 29.1 Å². The van der Waals surface area contributed by atoms with Crippen molar-refractivity contribution in [2.45, 2.75) is 19.4 Å². The van der Waals surface area contributed by atoms with Crippen molar-refractivity contribution in [1.82, 2.24) is 10.3 Å². The van der Waals surface area contributed by atoms with E-state index in [-0.39, 0.29) is 17.1 Å². The summed E-state index contributed by atoms with van der Waals surface area (Å²) in [5, 5.41) is 3.70. The van der Waals surface area contributed by atoms with Crippen LogP contribution in [0.2, 0.25) is 10.2 Å². The van der Waals surface area contributed by atoms with Crippen LogP contribution in [0.25, 0.3) is 0 Å². The largest absolute Gasteiger partial charge is 0.471 e. The first-order valence-electron chi connectivity index (χ1n) is 8.27. The SMILES string of the molecule is CC(Cc1ccc(C#Cc2ccoc2)cc1Cl)NC(=O)c1cccnc1Cl. The van der Waals surface area contributed by atoms with E-state index in [0.717, 1.165) is 16.7 Å². The minimum atomic E-state index is -0.265. The van der Waals surface area contributed by atoms with E-state index in [2.05, 4.69) is 22.1 Å². The Morgan fingerprint density at radius 3 is 2.74 bits per heavy atom. The number of carbonyl (C=O) groups excluding carboxylic acids is 1. The molecule has 136 valence electrons. The predicted octanol–water partition coefficient (Wildman–Crippen LogP) is 4.74. The van der Waals surface area contributed by atoms with Crippen LogP contribution < -0.4 is 5.32 Å². The van der Waals surface area contributed by atoms with E-state index >= 15 is 0 Å². The van der Waals surface area contributed by atoms with Gasteiger partial charge in [0, 0.05) is 22.8 Å². The van der Waals surface area contributed by atoms with E-state index in [1.165, 1.54) is 0 Å². The summed E-state index contributed by atoms with van der Waals surface area (Å²) in [6, 6.07) is 10.6. The van der Waals surface area contributed by atoms with Crippen LogP contribution in [0.4, 0.5) is 0 Å². The average molecular weight is 399 g/mol. The fraction of sp³-hybridized carbons (Fsp3) is 0.143. The molecule has 0 saturated heterocycles. The molecule has 1 unspecified atom stereocenters. The standard InChI is InChI=1S/C21H16Cl2N2O2/c1-14(25-21(26)18-3-2-9-24-20(18)23)11-17-7-6-15(12-19(17)22)4-5-16-8-10-27-13-16/h2-3,6-10,12-14H,11H2,1H3,(H,25,26). The van der Waals surface area contributed by atoms with Crippen LogP contribution in [0.3, 0.4) is 0 Å². The van der Waals surface area contributed by atoms with E-state index in [0.29, 0.717) is 17.0 Å². The lowest BCUT2D eigenvalue weighted by atomic mass is 10.0. The van der Waals surface area contributed by atoms with Crippen molar-refractivity contribution in [2.24, 2.45) is 0 Å². The van der Waals surface area contributed by atoms with Crippen molar-refractivity contribution in [3.05, 3.63) is 87.6 Å². The molecule has 1 atom stereocenters. The Balaban J connectivity index is 1.65. The topological polar surface area (TPSA) is 55.1 Å². The molecule has 2 heterocycles. The van der Waals surface area contributed by atoms with E-state index in [1.54, 1.807) is 36.9 Å². The number of pyridine rings is 1. The third kappa shape index (κ3) is 5.13. The maximum Gasteiger partial charge on any atom is 0.254 e. The molecule has 0 bridgehead atoms. The maximum absolute atomic E-state index is 12.3. The van der Waals surface area contributed by atoms with Gasteiger partial charge in [0.15, 0.2) is 0 Å². The van der Waals surface area contributed by atoms with E-state index in [4.69, 9.17) is 27.6 Å². The van der Waals surface area contributed by atoms with Crippen molar-refractivity contribution in [2.75, 3.05) is 0 Å². The summed E-state index contributed by atoms with van der Waals surface area (Å²) < 4.78 is 4.99. The summed E-state index contributed by atoms with van der Waals surface area (Å²) in [5.74, 6) is 5.78. The highest BCUT2D eigenvalue weighted by molar-refractivity contribution is 6.32. The van der Waals surface area contributed by atoms with Gasteiger partial charge in [-0.2, -0.15) is 0 Å². The van der Waals surface area contributed by atoms with Crippen LogP contribution in [0.5, 0.6) is 0 Å². The van der Waals surface area contributed by atoms with Gasteiger partial charge in [-0.15, -0.1) is 0 Å². The molecule has 0 fully saturated rings. The van der Waals surface area contributed by atoms with Crippen LogP contribution in [0, 0.1) is 11.8 Å². The molecule has 27 heavy (non-hydrogen) atoms. The van der Waals surface area contributed by atoms with Crippen molar-refractivity contribution in [3.63, 3.8) is 0 Å². The number of amides is 1. The summed E-state index contributed by atoms with van der Waals surface area (Å²) in [6.07, 6.45) is 5.29. The first-order chi connectivity index (χ1) is 13.0. The Morgan fingerprint density at radius 1 is 1.22 bits per heavy atom. The highest BCUT2D eigenvalue weighted by Crippen LogP contribution is 2.20. The minimum Gasteiger partial charge on any atom is -0.471 e. The lowest BCUT2D eigenvalue weighted by molar-refractivity contribution is 0.0940. The smallest absolute Gasteiger partial charge is 0.254 e. The first-order valence-corrected chi connectivity index (χ1v) is 9.02. The van der Waals surface area contributed by atoms with Gasteiger partial charge in [-0.1, -0.05) is 41.1 Å². The number of hydrogen-bond donors (Lipinski definition) is 1. The molecule has 0 aliphatic carbocycles. The van der Waals surface area contributed by atoms with Crippen LogP contribution in [0.15, 0.2) is 59.5 Å². The second kappa shape index (κ2) is 8.77. The third-order valence-corrected chi connectivity index (χ3v) is 4.49. The summed E-state index contributed by atoms with van der Waals surface area (Å²) >= 11 is 12.3. The summed E-state index contributed by atoms with van der Waals surface area (Å²) in [6.45, 7) is 1.91. The number of nitrogens with one attached hydrogen (secondary N) is 1. The molecule has 3 rings (SSSR count). The lowest BCUT2D eigenvalue weighted by Gasteiger charge is -2.15. The molecule has 0 radical (unpaired) electrons. The van der Waals surface area contributed by atoms with Gasteiger partial charge in [0.1, 0.15) is 11.4 Å². The second-order valence-electron chi connectivity index (χ2n) is 5.99.